The van der Waals surface area contributed by atoms with Crippen molar-refractivity contribution in [3.8, 4) is 0 Å². The molecule has 2 N–H and O–H groups in total. The van der Waals surface area contributed by atoms with E-state index in [2.05, 4.69) is 5.32 Å². The van der Waals surface area contributed by atoms with Gasteiger partial charge in [0.15, 0.2) is 0 Å². The maximum absolute atomic E-state index is 12.2. The summed E-state index contributed by atoms with van der Waals surface area (Å²) in [6, 6.07) is 3.82. The number of hydrogen-bond donors (Lipinski definition) is 2. The average Bonchev–Trinajstić information content (AvgIpc) is 2.67. The minimum atomic E-state index is -0.387. The first-order valence-corrected chi connectivity index (χ1v) is 6.25. The van der Waals surface area contributed by atoms with Crippen molar-refractivity contribution in [1.82, 2.24) is 4.57 Å². The number of nitrogens with zero attached hydrogens (tertiary/aromatic N) is 1. The molecule has 4 heteroatoms. The van der Waals surface area contributed by atoms with Crippen LogP contribution in [0.2, 0.25) is 0 Å². The highest BCUT2D eigenvalue weighted by molar-refractivity contribution is 5.41. The van der Waals surface area contributed by atoms with Crippen LogP contribution in [0.3, 0.4) is 0 Å². The number of aliphatic hydroxyl groups excluding tert-OH is 1. The zero-order valence-electron chi connectivity index (χ0n) is 10.4. The fourth-order valence-corrected chi connectivity index (χ4v) is 2.44. The molecule has 4 nitrogen and oxygen atoms in total. The van der Waals surface area contributed by atoms with Gasteiger partial charge in [0.25, 0.3) is 5.56 Å². The van der Waals surface area contributed by atoms with Crippen molar-refractivity contribution in [1.29, 1.82) is 0 Å². The Bertz CT molecular complexity index is 439. The second-order valence-electron chi connectivity index (χ2n) is 5.00. The Morgan fingerprint density at radius 2 is 2.24 bits per heavy atom. The Balaban J connectivity index is 2.32. The SMILES string of the molecule is CC(C)Nc1cccn([C@@H]2CCC[C@@H]2O)c1=O. The van der Waals surface area contributed by atoms with Gasteiger partial charge in [-0.1, -0.05) is 0 Å². The molecule has 1 aliphatic rings. The van der Waals surface area contributed by atoms with Crippen molar-refractivity contribution >= 4 is 5.69 Å². The van der Waals surface area contributed by atoms with Crippen molar-refractivity contribution in [3.63, 3.8) is 0 Å². The van der Waals surface area contributed by atoms with Crippen molar-refractivity contribution in [2.75, 3.05) is 5.32 Å². The second-order valence-corrected chi connectivity index (χ2v) is 5.00. The molecule has 0 spiro atoms. The maximum Gasteiger partial charge on any atom is 0.274 e. The van der Waals surface area contributed by atoms with Crippen LogP contribution in [0.5, 0.6) is 0 Å². The van der Waals surface area contributed by atoms with Gasteiger partial charge in [-0.3, -0.25) is 4.79 Å². The van der Waals surface area contributed by atoms with Gasteiger partial charge < -0.3 is 15.0 Å². The summed E-state index contributed by atoms with van der Waals surface area (Å²) in [6.07, 6.45) is 4.04. The topological polar surface area (TPSA) is 54.3 Å². The number of nitrogens with one attached hydrogen (secondary N) is 1. The zero-order valence-corrected chi connectivity index (χ0v) is 10.4. The summed E-state index contributed by atoms with van der Waals surface area (Å²) < 4.78 is 1.67. The Morgan fingerprint density at radius 1 is 1.47 bits per heavy atom. The zero-order chi connectivity index (χ0) is 12.4. The van der Waals surface area contributed by atoms with Crippen LogP contribution in [0, 0.1) is 0 Å². The fraction of sp³-hybridized carbons (Fsp3) is 0.615. The van der Waals surface area contributed by atoms with Crippen molar-refractivity contribution in [3.05, 3.63) is 28.7 Å². The van der Waals surface area contributed by atoms with E-state index < -0.39 is 0 Å². The Morgan fingerprint density at radius 3 is 2.82 bits per heavy atom. The standard InChI is InChI=1S/C13H20N2O2/c1-9(2)14-10-5-4-8-15(13(10)17)11-6-3-7-12(11)16/h4-5,8-9,11-12,14,16H,3,6-7H2,1-2H3/t11-,12+/m1/s1. The molecule has 1 fully saturated rings. The third-order valence-corrected chi connectivity index (χ3v) is 3.22. The third kappa shape index (κ3) is 2.52. The van der Waals surface area contributed by atoms with E-state index in [-0.39, 0.29) is 23.7 Å². The van der Waals surface area contributed by atoms with Gasteiger partial charge in [-0.25, -0.2) is 0 Å². The number of aliphatic hydroxyl groups is 1. The minimum absolute atomic E-state index is 0.0350. The molecule has 2 rings (SSSR count). The fourth-order valence-electron chi connectivity index (χ4n) is 2.44. The van der Waals surface area contributed by atoms with E-state index in [1.54, 1.807) is 16.8 Å². The van der Waals surface area contributed by atoms with Crippen LogP contribution in [0.4, 0.5) is 5.69 Å². The lowest BCUT2D eigenvalue weighted by atomic mass is 10.2. The number of anilines is 1. The monoisotopic (exact) mass is 236 g/mol. The van der Waals surface area contributed by atoms with E-state index in [0.29, 0.717) is 5.69 Å². The van der Waals surface area contributed by atoms with E-state index in [0.717, 1.165) is 19.3 Å². The number of pyridine rings is 1. The molecule has 1 saturated carbocycles. The van der Waals surface area contributed by atoms with E-state index in [1.165, 1.54) is 0 Å². The maximum atomic E-state index is 12.2. The third-order valence-electron chi connectivity index (χ3n) is 3.22. The molecular weight excluding hydrogens is 216 g/mol. The van der Waals surface area contributed by atoms with Gasteiger partial charge >= 0.3 is 0 Å². The highest BCUT2D eigenvalue weighted by atomic mass is 16.3. The number of hydrogen-bond acceptors (Lipinski definition) is 3. The second kappa shape index (κ2) is 4.92. The molecular formula is C13H20N2O2. The summed E-state index contributed by atoms with van der Waals surface area (Å²) in [6.45, 7) is 4.00. The van der Waals surface area contributed by atoms with E-state index in [4.69, 9.17) is 0 Å². The summed E-state index contributed by atoms with van der Waals surface area (Å²) in [4.78, 5) is 12.2. The van der Waals surface area contributed by atoms with E-state index in [1.807, 2.05) is 19.9 Å². The molecule has 1 heterocycles. The Hall–Kier alpha value is -1.29. The normalized spacial score (nSPS) is 24.2. The van der Waals surface area contributed by atoms with Crippen LogP contribution in [0.1, 0.15) is 39.2 Å². The highest BCUT2D eigenvalue weighted by Crippen LogP contribution is 2.28. The summed E-state index contributed by atoms with van der Waals surface area (Å²) in [5.74, 6) is 0. The van der Waals surface area contributed by atoms with Crippen LogP contribution in [0.25, 0.3) is 0 Å². The molecule has 2 atom stereocenters. The first-order valence-electron chi connectivity index (χ1n) is 6.25. The summed E-state index contributed by atoms with van der Waals surface area (Å²) in [5.41, 5.74) is 0.578. The molecule has 0 amide bonds. The average molecular weight is 236 g/mol. The quantitative estimate of drug-likeness (QED) is 0.840. The van der Waals surface area contributed by atoms with Crippen LogP contribution in [-0.4, -0.2) is 21.8 Å². The van der Waals surface area contributed by atoms with Gasteiger partial charge in [0.1, 0.15) is 5.69 Å². The lowest BCUT2D eigenvalue weighted by molar-refractivity contribution is 0.135. The first-order chi connectivity index (χ1) is 8.09. The van der Waals surface area contributed by atoms with Crippen molar-refractivity contribution < 1.29 is 5.11 Å². The molecule has 0 radical (unpaired) electrons. The molecule has 0 saturated heterocycles. The summed E-state index contributed by atoms with van der Waals surface area (Å²) >= 11 is 0. The minimum Gasteiger partial charge on any atom is -0.391 e. The largest absolute Gasteiger partial charge is 0.391 e. The molecule has 94 valence electrons. The number of aromatic nitrogens is 1. The first kappa shape index (κ1) is 12.2. The molecule has 1 aromatic rings. The molecule has 0 unspecified atom stereocenters. The van der Waals surface area contributed by atoms with Gasteiger partial charge in [0, 0.05) is 12.2 Å². The van der Waals surface area contributed by atoms with Crippen molar-refractivity contribution in [2.24, 2.45) is 0 Å². The van der Waals surface area contributed by atoms with Gasteiger partial charge in [-0.2, -0.15) is 0 Å². The van der Waals surface area contributed by atoms with Crippen molar-refractivity contribution in [2.45, 2.75) is 51.3 Å². The van der Waals surface area contributed by atoms with Crippen LogP contribution < -0.4 is 10.9 Å². The van der Waals surface area contributed by atoms with Gasteiger partial charge in [-0.15, -0.1) is 0 Å². The molecule has 0 aromatic carbocycles. The highest BCUT2D eigenvalue weighted by Gasteiger charge is 2.27. The molecule has 1 aromatic heterocycles. The van der Waals surface area contributed by atoms with Crippen LogP contribution >= 0.6 is 0 Å². The number of rotatable bonds is 3. The predicted octanol–water partition coefficient (Wildman–Crippen LogP) is 1.75. The van der Waals surface area contributed by atoms with E-state index in [9.17, 15) is 9.90 Å². The van der Waals surface area contributed by atoms with Gasteiger partial charge in [-0.05, 0) is 45.2 Å². The summed E-state index contributed by atoms with van der Waals surface area (Å²) in [7, 11) is 0. The van der Waals surface area contributed by atoms with Crippen LogP contribution in [0.15, 0.2) is 23.1 Å². The molecule has 0 aliphatic heterocycles. The van der Waals surface area contributed by atoms with Gasteiger partial charge in [0.05, 0.1) is 12.1 Å². The van der Waals surface area contributed by atoms with Gasteiger partial charge in [0.2, 0.25) is 0 Å². The lowest BCUT2D eigenvalue weighted by Crippen LogP contribution is -2.31. The Kier molecular flexibility index (Phi) is 3.52. The summed E-state index contributed by atoms with van der Waals surface area (Å²) in [5, 5.41) is 13.0. The lowest BCUT2D eigenvalue weighted by Gasteiger charge is -2.19. The van der Waals surface area contributed by atoms with E-state index >= 15 is 0 Å². The molecule has 1 aliphatic carbocycles. The Labute approximate surface area is 101 Å². The smallest absolute Gasteiger partial charge is 0.274 e. The van der Waals surface area contributed by atoms with Crippen LogP contribution in [-0.2, 0) is 0 Å². The molecule has 0 bridgehead atoms. The molecule has 17 heavy (non-hydrogen) atoms. The predicted molar refractivity (Wildman–Crippen MR) is 68.4 cm³/mol.